The summed E-state index contributed by atoms with van der Waals surface area (Å²) >= 11 is 5.88. The van der Waals surface area contributed by atoms with Crippen LogP contribution in [0.3, 0.4) is 0 Å². The average Bonchev–Trinajstić information content (AvgIpc) is 2.83. The number of piperidine rings is 1. The zero-order chi connectivity index (χ0) is 10.3. The molecule has 2 bridgehead atoms. The summed E-state index contributed by atoms with van der Waals surface area (Å²) in [6.07, 6.45) is 5.38. The Kier molecular flexibility index (Phi) is 2.45. The van der Waals surface area contributed by atoms with Crippen molar-refractivity contribution in [2.24, 2.45) is 5.92 Å². The second-order valence-electron chi connectivity index (χ2n) is 4.87. The first-order valence-electron chi connectivity index (χ1n) is 5.82. The summed E-state index contributed by atoms with van der Waals surface area (Å²) in [6.45, 7) is 0. The maximum atomic E-state index is 5.88. The lowest BCUT2D eigenvalue weighted by atomic mass is 9.94. The fourth-order valence-electron chi connectivity index (χ4n) is 3.07. The number of halogens is 1. The van der Waals surface area contributed by atoms with Crippen LogP contribution < -0.4 is 5.32 Å². The Morgan fingerprint density at radius 2 is 2.00 bits per heavy atom. The Balaban J connectivity index is 1.68. The van der Waals surface area contributed by atoms with Crippen LogP contribution in [0.15, 0.2) is 24.3 Å². The zero-order valence-corrected chi connectivity index (χ0v) is 9.50. The highest BCUT2D eigenvalue weighted by molar-refractivity contribution is 6.30. The lowest BCUT2D eigenvalue weighted by molar-refractivity contribution is 0.379. The Morgan fingerprint density at radius 3 is 2.60 bits per heavy atom. The molecule has 0 spiro atoms. The first-order chi connectivity index (χ1) is 7.31. The molecule has 2 aliphatic rings. The molecule has 3 rings (SSSR count). The van der Waals surface area contributed by atoms with Gasteiger partial charge in [0.2, 0.25) is 0 Å². The predicted octanol–water partition coefficient (Wildman–Crippen LogP) is 3.02. The molecule has 2 heteroatoms. The molecule has 1 aromatic rings. The second-order valence-corrected chi connectivity index (χ2v) is 5.31. The third-order valence-electron chi connectivity index (χ3n) is 3.86. The molecular formula is C13H16ClN. The smallest absolute Gasteiger partial charge is 0.0406 e. The van der Waals surface area contributed by atoms with E-state index in [9.17, 15) is 0 Å². The normalized spacial score (nSPS) is 33.5. The molecule has 1 N–H and O–H groups in total. The van der Waals surface area contributed by atoms with E-state index in [1.54, 1.807) is 0 Å². The van der Waals surface area contributed by atoms with Gasteiger partial charge in [0.15, 0.2) is 0 Å². The number of benzene rings is 1. The molecule has 1 saturated carbocycles. The Morgan fingerprint density at radius 1 is 1.20 bits per heavy atom. The lowest BCUT2D eigenvalue weighted by Crippen LogP contribution is -2.36. The van der Waals surface area contributed by atoms with Crippen molar-refractivity contribution in [2.75, 3.05) is 0 Å². The van der Waals surface area contributed by atoms with Crippen LogP contribution in [0.2, 0.25) is 5.02 Å². The molecule has 1 aliphatic carbocycles. The Labute approximate surface area is 95.8 Å². The predicted molar refractivity (Wildman–Crippen MR) is 63.2 cm³/mol. The summed E-state index contributed by atoms with van der Waals surface area (Å²) < 4.78 is 0. The van der Waals surface area contributed by atoms with Gasteiger partial charge >= 0.3 is 0 Å². The van der Waals surface area contributed by atoms with E-state index >= 15 is 0 Å². The van der Waals surface area contributed by atoms with Crippen LogP contribution >= 0.6 is 11.6 Å². The van der Waals surface area contributed by atoms with Crippen molar-refractivity contribution in [3.8, 4) is 0 Å². The standard InChI is InChI=1S/C13H16ClN/c14-11-4-1-9(2-5-11)7-13-10-3-6-12(8-10)15-13/h1-2,4-5,10,12-13,15H,3,6-8H2. The summed E-state index contributed by atoms with van der Waals surface area (Å²) in [5, 5.41) is 4.55. The van der Waals surface area contributed by atoms with Crippen LogP contribution in [0.25, 0.3) is 0 Å². The molecule has 0 radical (unpaired) electrons. The number of hydrogen-bond donors (Lipinski definition) is 1. The number of fused-ring (bicyclic) bond motifs is 2. The molecule has 3 atom stereocenters. The van der Waals surface area contributed by atoms with E-state index in [0.29, 0.717) is 6.04 Å². The highest BCUT2D eigenvalue weighted by Gasteiger charge is 2.38. The highest BCUT2D eigenvalue weighted by atomic mass is 35.5. The van der Waals surface area contributed by atoms with Crippen molar-refractivity contribution < 1.29 is 0 Å². The van der Waals surface area contributed by atoms with Crippen LogP contribution in [0.1, 0.15) is 24.8 Å². The van der Waals surface area contributed by atoms with Crippen LogP contribution in [-0.4, -0.2) is 12.1 Å². The molecule has 0 amide bonds. The van der Waals surface area contributed by atoms with Gasteiger partial charge in [0, 0.05) is 17.1 Å². The fourth-order valence-corrected chi connectivity index (χ4v) is 3.20. The number of hydrogen-bond acceptors (Lipinski definition) is 1. The van der Waals surface area contributed by atoms with Gasteiger partial charge in [-0.25, -0.2) is 0 Å². The van der Waals surface area contributed by atoms with Crippen LogP contribution in [0, 0.1) is 5.92 Å². The molecule has 1 aliphatic heterocycles. The quantitative estimate of drug-likeness (QED) is 0.810. The van der Waals surface area contributed by atoms with Gasteiger partial charge in [-0.1, -0.05) is 23.7 Å². The SMILES string of the molecule is Clc1ccc(CC2NC3CCC2C3)cc1. The van der Waals surface area contributed by atoms with Crippen molar-refractivity contribution in [3.05, 3.63) is 34.9 Å². The van der Waals surface area contributed by atoms with Crippen LogP contribution in [0.4, 0.5) is 0 Å². The van der Waals surface area contributed by atoms with Gasteiger partial charge in [-0.05, 0) is 49.3 Å². The van der Waals surface area contributed by atoms with E-state index in [1.807, 2.05) is 12.1 Å². The van der Waals surface area contributed by atoms with Gasteiger partial charge in [-0.15, -0.1) is 0 Å². The molecule has 1 heterocycles. The minimum Gasteiger partial charge on any atom is -0.311 e. The maximum absolute atomic E-state index is 5.88. The third-order valence-corrected chi connectivity index (χ3v) is 4.11. The Hall–Kier alpha value is -0.530. The van der Waals surface area contributed by atoms with E-state index in [-0.39, 0.29) is 0 Å². The monoisotopic (exact) mass is 221 g/mol. The summed E-state index contributed by atoms with van der Waals surface area (Å²) in [4.78, 5) is 0. The molecule has 80 valence electrons. The van der Waals surface area contributed by atoms with E-state index in [4.69, 9.17) is 11.6 Å². The minimum absolute atomic E-state index is 0.713. The van der Waals surface area contributed by atoms with E-state index in [2.05, 4.69) is 17.4 Å². The van der Waals surface area contributed by atoms with Gasteiger partial charge in [0.25, 0.3) is 0 Å². The van der Waals surface area contributed by atoms with Gasteiger partial charge in [0.1, 0.15) is 0 Å². The topological polar surface area (TPSA) is 12.0 Å². The highest BCUT2D eigenvalue weighted by Crippen LogP contribution is 2.36. The number of rotatable bonds is 2. The molecule has 3 unspecified atom stereocenters. The lowest BCUT2D eigenvalue weighted by Gasteiger charge is -2.23. The van der Waals surface area contributed by atoms with Gasteiger partial charge in [-0.3, -0.25) is 0 Å². The van der Waals surface area contributed by atoms with E-state index in [0.717, 1.165) is 17.0 Å². The maximum Gasteiger partial charge on any atom is 0.0406 e. The van der Waals surface area contributed by atoms with Crippen molar-refractivity contribution in [3.63, 3.8) is 0 Å². The van der Waals surface area contributed by atoms with Gasteiger partial charge in [0.05, 0.1) is 0 Å². The largest absolute Gasteiger partial charge is 0.311 e. The number of nitrogens with one attached hydrogen (secondary N) is 1. The summed E-state index contributed by atoms with van der Waals surface area (Å²) in [6, 6.07) is 9.80. The summed E-state index contributed by atoms with van der Waals surface area (Å²) in [5.41, 5.74) is 1.41. The summed E-state index contributed by atoms with van der Waals surface area (Å²) in [7, 11) is 0. The first kappa shape index (κ1) is 9.68. The van der Waals surface area contributed by atoms with E-state index in [1.165, 1.54) is 31.2 Å². The van der Waals surface area contributed by atoms with Crippen molar-refractivity contribution in [1.82, 2.24) is 5.32 Å². The van der Waals surface area contributed by atoms with Crippen molar-refractivity contribution >= 4 is 11.6 Å². The Bertz CT molecular complexity index is 346. The minimum atomic E-state index is 0.713. The van der Waals surface area contributed by atoms with E-state index < -0.39 is 0 Å². The molecule has 0 aromatic heterocycles. The molecule has 15 heavy (non-hydrogen) atoms. The molecule has 2 fully saturated rings. The van der Waals surface area contributed by atoms with Crippen LogP contribution in [-0.2, 0) is 6.42 Å². The van der Waals surface area contributed by atoms with Crippen molar-refractivity contribution in [2.45, 2.75) is 37.8 Å². The fraction of sp³-hybridized carbons (Fsp3) is 0.538. The summed E-state index contributed by atoms with van der Waals surface area (Å²) in [5.74, 6) is 0.922. The molecule has 1 saturated heterocycles. The zero-order valence-electron chi connectivity index (χ0n) is 8.75. The first-order valence-corrected chi connectivity index (χ1v) is 6.19. The molecule has 1 nitrogen and oxygen atoms in total. The average molecular weight is 222 g/mol. The second kappa shape index (κ2) is 3.80. The van der Waals surface area contributed by atoms with Gasteiger partial charge in [-0.2, -0.15) is 0 Å². The van der Waals surface area contributed by atoms with Gasteiger partial charge < -0.3 is 5.32 Å². The third kappa shape index (κ3) is 1.91. The van der Waals surface area contributed by atoms with Crippen molar-refractivity contribution in [1.29, 1.82) is 0 Å². The molecular weight excluding hydrogens is 206 g/mol. The molecule has 1 aromatic carbocycles. The van der Waals surface area contributed by atoms with Crippen LogP contribution in [0.5, 0.6) is 0 Å².